The Morgan fingerprint density at radius 2 is 2.00 bits per heavy atom. The zero-order chi connectivity index (χ0) is 11.7. The van der Waals surface area contributed by atoms with Crippen molar-refractivity contribution in [3.05, 3.63) is 0 Å². The largest absolute Gasteiger partial charge is 0.460 e. The Morgan fingerprint density at radius 3 is 2.53 bits per heavy atom. The molecule has 0 aliphatic heterocycles. The summed E-state index contributed by atoms with van der Waals surface area (Å²) in [6, 6.07) is 0. The van der Waals surface area contributed by atoms with E-state index in [0.717, 1.165) is 19.3 Å². The third-order valence-corrected chi connectivity index (χ3v) is 1.76. The number of aliphatic imine (C=N–C) groups is 1. The molecule has 0 saturated carbocycles. The van der Waals surface area contributed by atoms with Gasteiger partial charge in [-0.15, -0.1) is 0 Å². The van der Waals surface area contributed by atoms with Gasteiger partial charge in [0.05, 0.1) is 5.16 Å². The average Bonchev–Trinajstić information content (AvgIpc) is 2.08. The first kappa shape index (κ1) is 14.3. The van der Waals surface area contributed by atoms with Crippen LogP contribution in [0.1, 0.15) is 46.5 Å². The van der Waals surface area contributed by atoms with Crippen LogP contribution < -0.4 is 0 Å². The number of unbranched alkanes of at least 4 members (excludes halogenated alkanes) is 2. The third kappa shape index (κ3) is 11.2. The highest BCUT2D eigenvalue weighted by Gasteiger charge is 2.15. The molecule has 0 aliphatic carbocycles. The van der Waals surface area contributed by atoms with Crippen molar-refractivity contribution in [2.45, 2.75) is 52.1 Å². The molecule has 3 nitrogen and oxygen atoms in total. The van der Waals surface area contributed by atoms with Crippen LogP contribution in [0.2, 0.25) is 0 Å². The van der Waals surface area contributed by atoms with Crippen LogP contribution in [0.5, 0.6) is 0 Å². The monoisotopic (exact) mass is 229 g/mol. The molecule has 15 heavy (non-hydrogen) atoms. The van der Waals surface area contributed by atoms with E-state index in [1.54, 1.807) is 0 Å². The Morgan fingerprint density at radius 1 is 1.33 bits per heavy atom. The molecule has 0 bridgehead atoms. The Labute approximate surface area is 96.9 Å². The number of isothiocyanates is 1. The number of hydrogen-bond acceptors (Lipinski definition) is 4. The van der Waals surface area contributed by atoms with Crippen LogP contribution in [-0.2, 0) is 9.53 Å². The first-order chi connectivity index (χ1) is 6.95. The van der Waals surface area contributed by atoms with E-state index in [-0.39, 0.29) is 11.6 Å². The normalized spacial score (nSPS) is 10.6. The van der Waals surface area contributed by atoms with Gasteiger partial charge in [-0.05, 0) is 45.8 Å². The highest BCUT2D eigenvalue weighted by atomic mass is 32.1. The summed E-state index contributed by atoms with van der Waals surface area (Å²) in [6.07, 6.45) is 3.26. The van der Waals surface area contributed by atoms with Crippen molar-refractivity contribution >= 4 is 23.3 Å². The molecular weight excluding hydrogens is 210 g/mol. The van der Waals surface area contributed by atoms with Gasteiger partial charge in [-0.25, -0.2) is 4.99 Å². The van der Waals surface area contributed by atoms with E-state index in [2.05, 4.69) is 22.4 Å². The molecule has 0 aromatic rings. The van der Waals surface area contributed by atoms with Gasteiger partial charge >= 0.3 is 5.97 Å². The Hall–Kier alpha value is -0.730. The van der Waals surface area contributed by atoms with E-state index in [0.29, 0.717) is 13.0 Å². The van der Waals surface area contributed by atoms with Crippen LogP contribution in [0.4, 0.5) is 0 Å². The summed E-state index contributed by atoms with van der Waals surface area (Å²) in [5, 5.41) is 2.32. The lowest BCUT2D eigenvalue weighted by molar-refractivity contribution is -0.154. The molecule has 86 valence electrons. The Kier molecular flexibility index (Phi) is 7.18. The molecule has 4 heteroatoms. The molecule has 0 aromatic carbocycles. The maximum atomic E-state index is 11.3. The summed E-state index contributed by atoms with van der Waals surface area (Å²) in [5.41, 5.74) is -0.376. The second kappa shape index (κ2) is 7.55. The molecule has 0 N–H and O–H groups in total. The van der Waals surface area contributed by atoms with E-state index in [1.165, 1.54) is 0 Å². The molecule has 0 fully saturated rings. The molecule has 0 aromatic heterocycles. The van der Waals surface area contributed by atoms with E-state index < -0.39 is 0 Å². The highest BCUT2D eigenvalue weighted by molar-refractivity contribution is 7.78. The van der Waals surface area contributed by atoms with E-state index in [1.807, 2.05) is 20.8 Å². The minimum Gasteiger partial charge on any atom is -0.460 e. The molecule has 0 aliphatic rings. The van der Waals surface area contributed by atoms with Crippen LogP contribution >= 0.6 is 12.2 Å². The summed E-state index contributed by atoms with van der Waals surface area (Å²) >= 11 is 4.44. The lowest BCUT2D eigenvalue weighted by Gasteiger charge is -2.19. The summed E-state index contributed by atoms with van der Waals surface area (Å²) in [4.78, 5) is 15.1. The van der Waals surface area contributed by atoms with E-state index >= 15 is 0 Å². The van der Waals surface area contributed by atoms with Crippen molar-refractivity contribution in [3.63, 3.8) is 0 Å². The number of carbonyl (C=O) groups excluding carboxylic acids is 1. The van der Waals surface area contributed by atoms with Gasteiger partial charge in [-0.1, -0.05) is 6.42 Å². The van der Waals surface area contributed by atoms with Crippen molar-refractivity contribution in [1.82, 2.24) is 0 Å². The zero-order valence-corrected chi connectivity index (χ0v) is 10.5. The lowest BCUT2D eigenvalue weighted by atomic mass is 10.1. The van der Waals surface area contributed by atoms with Crippen molar-refractivity contribution in [1.29, 1.82) is 0 Å². The number of rotatable bonds is 6. The van der Waals surface area contributed by atoms with Crippen LogP contribution in [0, 0.1) is 0 Å². The number of esters is 1. The molecule has 0 rings (SSSR count). The first-order valence-corrected chi connectivity index (χ1v) is 5.62. The summed E-state index contributed by atoms with van der Waals surface area (Å²) in [5.74, 6) is -0.124. The summed E-state index contributed by atoms with van der Waals surface area (Å²) in [7, 11) is 0. The van der Waals surface area contributed by atoms with Gasteiger partial charge in [-0.2, -0.15) is 0 Å². The Balaban J connectivity index is 3.43. The molecule has 0 radical (unpaired) electrons. The highest BCUT2D eigenvalue weighted by Crippen LogP contribution is 2.10. The number of thiocarbonyl (C=S) groups is 1. The van der Waals surface area contributed by atoms with Crippen molar-refractivity contribution in [2.75, 3.05) is 6.54 Å². The van der Waals surface area contributed by atoms with Crippen LogP contribution in [-0.4, -0.2) is 23.3 Å². The molecule has 0 heterocycles. The number of carbonyl (C=O) groups is 1. The predicted octanol–water partition coefficient (Wildman–Crippen LogP) is 2.99. The maximum absolute atomic E-state index is 11.3. The quantitative estimate of drug-likeness (QED) is 0.304. The van der Waals surface area contributed by atoms with E-state index in [4.69, 9.17) is 4.74 Å². The number of ether oxygens (including phenoxy) is 1. The van der Waals surface area contributed by atoms with Crippen molar-refractivity contribution in [2.24, 2.45) is 4.99 Å². The lowest BCUT2D eigenvalue weighted by Crippen LogP contribution is -2.23. The van der Waals surface area contributed by atoms with E-state index in [9.17, 15) is 4.79 Å². The number of nitrogens with zero attached hydrogens (tertiary/aromatic N) is 1. The van der Waals surface area contributed by atoms with Crippen molar-refractivity contribution in [3.8, 4) is 0 Å². The zero-order valence-electron chi connectivity index (χ0n) is 9.71. The predicted molar refractivity (Wildman–Crippen MR) is 64.2 cm³/mol. The van der Waals surface area contributed by atoms with Crippen LogP contribution in [0.25, 0.3) is 0 Å². The van der Waals surface area contributed by atoms with Crippen molar-refractivity contribution < 1.29 is 9.53 Å². The van der Waals surface area contributed by atoms with Gasteiger partial charge < -0.3 is 4.74 Å². The molecule has 0 amide bonds. The average molecular weight is 229 g/mol. The second-order valence-corrected chi connectivity index (χ2v) is 4.55. The van der Waals surface area contributed by atoms with Crippen LogP contribution in [0.3, 0.4) is 0 Å². The fraction of sp³-hybridized carbons (Fsp3) is 0.818. The van der Waals surface area contributed by atoms with Gasteiger partial charge in [0, 0.05) is 13.0 Å². The van der Waals surface area contributed by atoms with Gasteiger partial charge in [0.1, 0.15) is 5.60 Å². The molecular formula is C11H19NO2S. The second-order valence-electron chi connectivity index (χ2n) is 4.37. The minimum absolute atomic E-state index is 0.124. The summed E-state index contributed by atoms with van der Waals surface area (Å²) in [6.45, 7) is 6.33. The van der Waals surface area contributed by atoms with Gasteiger partial charge in [-0.3, -0.25) is 4.79 Å². The fourth-order valence-corrected chi connectivity index (χ4v) is 1.17. The summed E-state index contributed by atoms with van der Waals surface area (Å²) < 4.78 is 5.17. The fourth-order valence-electron chi connectivity index (χ4n) is 1.08. The minimum atomic E-state index is -0.376. The van der Waals surface area contributed by atoms with Gasteiger partial charge in [0.2, 0.25) is 0 Å². The Bertz CT molecular complexity index is 239. The first-order valence-electron chi connectivity index (χ1n) is 5.21. The SMILES string of the molecule is CC(C)(C)OC(=O)CCCCCN=C=S. The third-order valence-electron chi connectivity index (χ3n) is 1.64. The molecule has 0 unspecified atom stereocenters. The maximum Gasteiger partial charge on any atom is 0.306 e. The van der Waals surface area contributed by atoms with Gasteiger partial charge in [0.25, 0.3) is 0 Å². The molecule has 0 atom stereocenters. The molecule has 0 saturated heterocycles. The number of hydrogen-bond donors (Lipinski definition) is 0. The van der Waals surface area contributed by atoms with Gasteiger partial charge in [0.15, 0.2) is 0 Å². The van der Waals surface area contributed by atoms with Crippen LogP contribution in [0.15, 0.2) is 4.99 Å². The standard InChI is InChI=1S/C11H19NO2S/c1-11(2,3)14-10(13)7-5-4-6-8-12-9-15/h4-8H2,1-3H3. The smallest absolute Gasteiger partial charge is 0.306 e. The topological polar surface area (TPSA) is 38.7 Å². The molecule has 0 spiro atoms.